The Hall–Kier alpha value is -1.06. The zero-order valence-corrected chi connectivity index (χ0v) is 8.85. The first-order valence-corrected chi connectivity index (χ1v) is 4.13. The summed E-state index contributed by atoms with van der Waals surface area (Å²) in [5.74, 6) is -1.76. The molecular formula is C8H16O8. The standard InChI is InChI=1S/C6H10O7.C2H6O/c7-1-2(8)3(9)4(10)5(11)6(12)13;1-3-2/h1-5,8-11H,(H,12,13);1-2H3. The maximum atomic E-state index is 10.1. The molecule has 0 rings (SSSR count). The van der Waals surface area contributed by atoms with Gasteiger partial charge in [0.25, 0.3) is 0 Å². The van der Waals surface area contributed by atoms with Crippen molar-refractivity contribution in [2.24, 2.45) is 0 Å². The highest BCUT2D eigenvalue weighted by molar-refractivity contribution is 5.73. The van der Waals surface area contributed by atoms with Crippen LogP contribution in [0.1, 0.15) is 0 Å². The average Bonchev–Trinajstić information content (AvgIpc) is 2.25. The number of ether oxygens (including phenoxy) is 1. The first-order chi connectivity index (χ1) is 7.33. The van der Waals surface area contributed by atoms with E-state index in [1.807, 2.05) is 0 Å². The van der Waals surface area contributed by atoms with Crippen LogP contribution in [0, 0.1) is 0 Å². The molecule has 0 aliphatic rings. The second-order valence-electron chi connectivity index (χ2n) is 2.80. The number of hydrogen-bond acceptors (Lipinski definition) is 7. The van der Waals surface area contributed by atoms with E-state index in [2.05, 4.69) is 4.74 Å². The zero-order valence-electron chi connectivity index (χ0n) is 8.85. The molecule has 0 spiro atoms. The van der Waals surface area contributed by atoms with E-state index in [0.29, 0.717) is 0 Å². The zero-order chi connectivity index (χ0) is 13.3. The third kappa shape index (κ3) is 6.43. The van der Waals surface area contributed by atoms with Gasteiger partial charge in [-0.1, -0.05) is 0 Å². The number of hydrogen-bond donors (Lipinski definition) is 5. The summed E-state index contributed by atoms with van der Waals surface area (Å²) < 4.78 is 4.25. The van der Waals surface area contributed by atoms with Gasteiger partial charge in [0.15, 0.2) is 12.4 Å². The Kier molecular flexibility index (Phi) is 9.96. The van der Waals surface area contributed by atoms with Crippen molar-refractivity contribution in [3.8, 4) is 0 Å². The van der Waals surface area contributed by atoms with Gasteiger partial charge in [0, 0.05) is 14.2 Å². The number of aliphatic hydroxyl groups excluding tert-OH is 4. The van der Waals surface area contributed by atoms with E-state index in [1.165, 1.54) is 0 Å². The van der Waals surface area contributed by atoms with E-state index in [1.54, 1.807) is 14.2 Å². The Morgan fingerprint density at radius 3 is 1.75 bits per heavy atom. The van der Waals surface area contributed by atoms with Gasteiger partial charge in [-0.2, -0.15) is 0 Å². The van der Waals surface area contributed by atoms with Crippen LogP contribution in [0.5, 0.6) is 0 Å². The van der Waals surface area contributed by atoms with Crippen molar-refractivity contribution in [1.29, 1.82) is 0 Å². The van der Waals surface area contributed by atoms with Gasteiger partial charge in [-0.05, 0) is 0 Å². The summed E-state index contributed by atoms with van der Waals surface area (Å²) in [4.78, 5) is 20.0. The van der Waals surface area contributed by atoms with Crippen molar-refractivity contribution in [3.05, 3.63) is 0 Å². The Labute approximate surface area is 91.7 Å². The fourth-order valence-corrected chi connectivity index (χ4v) is 0.615. The molecule has 0 aliphatic heterocycles. The van der Waals surface area contributed by atoms with Crippen molar-refractivity contribution < 1.29 is 39.9 Å². The number of carboxylic acid groups (broad SMARTS) is 1. The van der Waals surface area contributed by atoms with Gasteiger partial charge in [-0.3, -0.25) is 0 Å². The summed E-state index contributed by atoms with van der Waals surface area (Å²) in [6.45, 7) is 0. The van der Waals surface area contributed by atoms with Crippen molar-refractivity contribution in [3.63, 3.8) is 0 Å². The molecule has 8 nitrogen and oxygen atoms in total. The predicted octanol–water partition coefficient (Wildman–Crippen LogP) is -3.02. The number of aliphatic hydroxyl groups is 4. The van der Waals surface area contributed by atoms with Crippen LogP contribution in [0.3, 0.4) is 0 Å². The SMILES string of the molecule is COC.O=CC(O)C(O)C(O)C(O)C(=O)O. The predicted molar refractivity (Wildman–Crippen MR) is 50.7 cm³/mol. The largest absolute Gasteiger partial charge is 0.479 e. The van der Waals surface area contributed by atoms with E-state index in [9.17, 15) is 9.59 Å². The van der Waals surface area contributed by atoms with Crippen molar-refractivity contribution in [2.45, 2.75) is 24.4 Å². The molecule has 0 radical (unpaired) electrons. The smallest absolute Gasteiger partial charge is 0.335 e. The summed E-state index contributed by atoms with van der Waals surface area (Å²) in [7, 11) is 3.25. The number of aldehydes is 1. The van der Waals surface area contributed by atoms with E-state index < -0.39 is 30.4 Å². The minimum Gasteiger partial charge on any atom is -0.479 e. The molecule has 0 aliphatic carbocycles. The molecule has 0 aromatic heterocycles. The van der Waals surface area contributed by atoms with Crippen LogP contribution >= 0.6 is 0 Å². The Balaban J connectivity index is 0. The second kappa shape index (κ2) is 9.19. The van der Waals surface area contributed by atoms with Crippen LogP contribution in [0.15, 0.2) is 0 Å². The van der Waals surface area contributed by atoms with Gasteiger partial charge in [0.05, 0.1) is 0 Å². The van der Waals surface area contributed by atoms with Gasteiger partial charge in [0.1, 0.15) is 18.3 Å². The molecule has 96 valence electrons. The molecule has 0 heterocycles. The lowest BCUT2D eigenvalue weighted by atomic mass is 10.0. The highest BCUT2D eigenvalue weighted by atomic mass is 16.5. The molecule has 0 aromatic rings. The Bertz CT molecular complexity index is 206. The minimum absolute atomic E-state index is 0.0809. The normalized spacial score (nSPS) is 17.4. The number of rotatable bonds is 5. The average molecular weight is 240 g/mol. The summed E-state index contributed by atoms with van der Waals surface area (Å²) in [6.07, 6.45) is -8.39. The van der Waals surface area contributed by atoms with E-state index >= 15 is 0 Å². The number of aliphatic carboxylic acids is 1. The third-order valence-corrected chi connectivity index (χ3v) is 1.42. The van der Waals surface area contributed by atoms with Gasteiger partial charge in [-0.25, -0.2) is 4.79 Å². The number of carboxylic acids is 1. The second-order valence-corrected chi connectivity index (χ2v) is 2.80. The van der Waals surface area contributed by atoms with E-state index in [4.69, 9.17) is 25.5 Å². The molecule has 0 saturated carbocycles. The number of carbonyl (C=O) groups is 2. The maximum absolute atomic E-state index is 10.1. The monoisotopic (exact) mass is 240 g/mol. The van der Waals surface area contributed by atoms with Gasteiger partial charge >= 0.3 is 5.97 Å². The fourth-order valence-electron chi connectivity index (χ4n) is 0.615. The van der Waals surface area contributed by atoms with Crippen LogP contribution in [0.2, 0.25) is 0 Å². The topological polar surface area (TPSA) is 145 Å². The van der Waals surface area contributed by atoms with Crippen molar-refractivity contribution >= 4 is 12.3 Å². The van der Waals surface area contributed by atoms with Crippen LogP contribution in [0.25, 0.3) is 0 Å². The van der Waals surface area contributed by atoms with Crippen molar-refractivity contribution in [1.82, 2.24) is 0 Å². The molecule has 4 atom stereocenters. The first kappa shape index (κ1) is 17.3. The summed E-state index contributed by atoms with van der Waals surface area (Å²) >= 11 is 0. The van der Waals surface area contributed by atoms with Gasteiger partial charge in [-0.15, -0.1) is 0 Å². The van der Waals surface area contributed by atoms with Gasteiger partial charge in [0.2, 0.25) is 0 Å². The molecule has 0 amide bonds. The highest BCUT2D eigenvalue weighted by Gasteiger charge is 2.33. The Morgan fingerprint density at radius 1 is 1.12 bits per heavy atom. The van der Waals surface area contributed by atoms with Crippen LogP contribution < -0.4 is 0 Å². The highest BCUT2D eigenvalue weighted by Crippen LogP contribution is 2.03. The molecular weight excluding hydrogens is 224 g/mol. The summed E-state index contributed by atoms with van der Waals surface area (Å²) in [6, 6.07) is 0. The Morgan fingerprint density at radius 2 is 1.50 bits per heavy atom. The number of carbonyl (C=O) groups excluding carboxylic acids is 1. The van der Waals surface area contributed by atoms with Crippen LogP contribution in [-0.4, -0.2) is 76.4 Å². The van der Waals surface area contributed by atoms with Crippen LogP contribution in [-0.2, 0) is 14.3 Å². The summed E-state index contributed by atoms with van der Waals surface area (Å²) in [5, 5.41) is 43.2. The fraction of sp³-hybridized carbons (Fsp3) is 0.750. The van der Waals surface area contributed by atoms with Crippen LogP contribution in [0.4, 0.5) is 0 Å². The molecule has 8 heteroatoms. The van der Waals surface area contributed by atoms with Gasteiger partial charge < -0.3 is 35.1 Å². The molecule has 0 saturated heterocycles. The van der Waals surface area contributed by atoms with E-state index in [0.717, 1.165) is 0 Å². The maximum Gasteiger partial charge on any atom is 0.335 e. The van der Waals surface area contributed by atoms with E-state index in [-0.39, 0.29) is 6.29 Å². The first-order valence-electron chi connectivity index (χ1n) is 4.13. The lowest BCUT2D eigenvalue weighted by molar-refractivity contribution is -0.163. The molecule has 0 bridgehead atoms. The molecule has 4 unspecified atom stereocenters. The lowest BCUT2D eigenvalue weighted by Gasteiger charge is -2.21. The molecule has 0 aromatic carbocycles. The summed E-state index contributed by atoms with van der Waals surface area (Å²) in [5.41, 5.74) is 0. The quantitative estimate of drug-likeness (QED) is 0.319. The molecule has 0 fully saturated rings. The third-order valence-electron chi connectivity index (χ3n) is 1.42. The lowest BCUT2D eigenvalue weighted by Crippen LogP contribution is -2.48. The molecule has 16 heavy (non-hydrogen) atoms. The number of methoxy groups -OCH3 is 1. The molecule has 5 N–H and O–H groups in total. The van der Waals surface area contributed by atoms with Crippen molar-refractivity contribution in [2.75, 3.05) is 14.2 Å². The minimum atomic E-state index is -2.25.